The number of hydrogen-bond donors (Lipinski definition) is 2. The third kappa shape index (κ3) is 5.82. The van der Waals surface area contributed by atoms with Gasteiger partial charge in [0.25, 0.3) is 0 Å². The number of likely N-dealkylation sites (tertiary alicyclic amines) is 1. The number of halogens is 1. The maximum absolute atomic E-state index is 12.2. The Morgan fingerprint density at radius 1 is 1.23 bits per heavy atom. The fourth-order valence-corrected chi connectivity index (χ4v) is 4.48. The quantitative estimate of drug-likeness (QED) is 0.377. The molecule has 1 unspecified atom stereocenters. The molecule has 3 rings (SSSR count). The van der Waals surface area contributed by atoms with Crippen LogP contribution in [0.2, 0.25) is 0 Å². The van der Waals surface area contributed by atoms with Crippen molar-refractivity contribution in [1.29, 1.82) is 0 Å². The fourth-order valence-electron chi connectivity index (χ4n) is 3.17. The smallest absolute Gasteiger partial charge is 0.240 e. The Morgan fingerprint density at radius 2 is 1.92 bits per heavy atom. The first-order chi connectivity index (χ1) is 12.0. The summed E-state index contributed by atoms with van der Waals surface area (Å²) in [7, 11) is -1.57. The minimum absolute atomic E-state index is 0. The van der Waals surface area contributed by atoms with Crippen LogP contribution in [0.15, 0.2) is 34.2 Å². The van der Waals surface area contributed by atoms with Gasteiger partial charge in [0.1, 0.15) is 0 Å². The molecule has 0 amide bonds. The average Bonchev–Trinajstić information content (AvgIpc) is 3.39. The maximum atomic E-state index is 12.2. The second kappa shape index (κ2) is 9.36. The summed E-state index contributed by atoms with van der Waals surface area (Å²) in [4.78, 5) is 7.01. The molecule has 1 atom stereocenters. The van der Waals surface area contributed by atoms with Crippen molar-refractivity contribution in [3.8, 4) is 0 Å². The second-order valence-electron chi connectivity index (χ2n) is 7.13. The molecule has 0 radical (unpaired) electrons. The van der Waals surface area contributed by atoms with E-state index in [1.807, 2.05) is 12.1 Å². The topological polar surface area (TPSA) is 73.8 Å². The molecule has 1 saturated carbocycles. The minimum atomic E-state index is -3.38. The van der Waals surface area contributed by atoms with E-state index in [2.05, 4.69) is 26.9 Å². The third-order valence-corrected chi connectivity index (χ3v) is 6.29. The molecule has 1 aromatic carbocycles. The van der Waals surface area contributed by atoms with Gasteiger partial charge in [0.15, 0.2) is 5.96 Å². The largest absolute Gasteiger partial charge is 0.352 e. The number of benzene rings is 1. The van der Waals surface area contributed by atoms with Crippen molar-refractivity contribution >= 4 is 40.0 Å². The highest BCUT2D eigenvalue weighted by Gasteiger charge is 2.27. The number of piperidine rings is 1. The van der Waals surface area contributed by atoms with E-state index >= 15 is 0 Å². The molecule has 2 aliphatic rings. The molecule has 0 bridgehead atoms. The van der Waals surface area contributed by atoms with Crippen molar-refractivity contribution < 1.29 is 8.42 Å². The van der Waals surface area contributed by atoms with Crippen LogP contribution >= 0.6 is 24.0 Å². The lowest BCUT2D eigenvalue weighted by Crippen LogP contribution is -2.45. The summed E-state index contributed by atoms with van der Waals surface area (Å²) >= 11 is 0. The van der Waals surface area contributed by atoms with Gasteiger partial charge in [0.2, 0.25) is 10.0 Å². The lowest BCUT2D eigenvalue weighted by atomic mass is 10.0. The lowest BCUT2D eigenvalue weighted by molar-refractivity contribution is 0.266. The van der Waals surface area contributed by atoms with E-state index in [1.165, 1.54) is 12.8 Å². The van der Waals surface area contributed by atoms with Crippen LogP contribution in [0, 0.1) is 5.92 Å². The van der Waals surface area contributed by atoms with E-state index in [0.717, 1.165) is 37.5 Å². The van der Waals surface area contributed by atoms with Gasteiger partial charge in [-0.25, -0.2) is 13.1 Å². The van der Waals surface area contributed by atoms with Gasteiger partial charge in [-0.1, -0.05) is 19.1 Å². The Labute approximate surface area is 173 Å². The number of sulfonamides is 1. The number of nitrogens with one attached hydrogen (secondary N) is 2. The van der Waals surface area contributed by atoms with Crippen molar-refractivity contribution in [2.45, 2.75) is 50.1 Å². The van der Waals surface area contributed by atoms with E-state index in [1.54, 1.807) is 19.2 Å². The van der Waals surface area contributed by atoms with Gasteiger partial charge in [-0.2, -0.15) is 0 Å². The molecule has 2 N–H and O–H groups in total. The molecular weight excluding hydrogens is 463 g/mol. The first-order valence-corrected chi connectivity index (χ1v) is 10.5. The number of aliphatic imine (C=N–C) groups is 1. The molecule has 2 fully saturated rings. The predicted molar refractivity (Wildman–Crippen MR) is 115 cm³/mol. The summed E-state index contributed by atoms with van der Waals surface area (Å²) in [6.45, 7) is 4.97. The zero-order valence-electron chi connectivity index (χ0n) is 15.4. The van der Waals surface area contributed by atoms with Crippen molar-refractivity contribution in [3.63, 3.8) is 0 Å². The molecule has 0 spiro atoms. The van der Waals surface area contributed by atoms with E-state index in [4.69, 9.17) is 0 Å². The molecule has 1 heterocycles. The summed E-state index contributed by atoms with van der Waals surface area (Å²) in [6.07, 6.45) is 4.35. The maximum Gasteiger partial charge on any atom is 0.240 e. The Balaban J connectivity index is 0.00000243. The molecule has 1 aliphatic carbocycles. The van der Waals surface area contributed by atoms with Crippen LogP contribution in [0.1, 0.15) is 38.2 Å². The fraction of sp³-hybridized carbons (Fsp3) is 0.611. The normalized spacial score (nSPS) is 21.2. The van der Waals surface area contributed by atoms with Crippen LogP contribution in [-0.4, -0.2) is 45.5 Å². The molecule has 1 saturated heterocycles. The van der Waals surface area contributed by atoms with Gasteiger partial charge in [-0.3, -0.25) is 4.99 Å². The summed E-state index contributed by atoms with van der Waals surface area (Å²) in [5.41, 5.74) is 1.04. The number of nitrogens with zero attached hydrogens (tertiary/aromatic N) is 2. The molecule has 6 nitrogen and oxygen atoms in total. The summed E-state index contributed by atoms with van der Waals surface area (Å²) < 4.78 is 27.1. The van der Waals surface area contributed by atoms with Crippen molar-refractivity contribution in [2.24, 2.45) is 10.9 Å². The van der Waals surface area contributed by atoms with Crippen molar-refractivity contribution in [1.82, 2.24) is 14.9 Å². The van der Waals surface area contributed by atoms with Crippen LogP contribution in [0.4, 0.5) is 0 Å². The second-order valence-corrected chi connectivity index (χ2v) is 8.85. The predicted octanol–water partition coefficient (Wildman–Crippen LogP) is 2.55. The number of guanidine groups is 1. The lowest BCUT2D eigenvalue weighted by Gasteiger charge is -2.33. The molecular formula is C18H29IN4O2S. The van der Waals surface area contributed by atoms with E-state index in [9.17, 15) is 8.42 Å². The minimum Gasteiger partial charge on any atom is -0.352 e. The highest BCUT2D eigenvalue weighted by Crippen LogP contribution is 2.22. The number of rotatable bonds is 5. The zero-order valence-corrected chi connectivity index (χ0v) is 18.6. The summed E-state index contributed by atoms with van der Waals surface area (Å²) in [5.74, 6) is 1.61. The Bertz CT molecular complexity index is 717. The van der Waals surface area contributed by atoms with Gasteiger partial charge >= 0.3 is 0 Å². The van der Waals surface area contributed by atoms with Gasteiger partial charge < -0.3 is 10.2 Å². The average molecular weight is 492 g/mol. The van der Waals surface area contributed by atoms with E-state index in [-0.39, 0.29) is 30.0 Å². The summed E-state index contributed by atoms with van der Waals surface area (Å²) in [5, 5.41) is 3.39. The van der Waals surface area contributed by atoms with E-state index < -0.39 is 10.0 Å². The van der Waals surface area contributed by atoms with Crippen LogP contribution in [0.3, 0.4) is 0 Å². The molecule has 146 valence electrons. The van der Waals surface area contributed by atoms with Crippen molar-refractivity contribution in [2.75, 3.05) is 20.1 Å². The molecule has 8 heteroatoms. The van der Waals surface area contributed by atoms with Gasteiger partial charge in [0.05, 0.1) is 4.90 Å². The monoisotopic (exact) mass is 492 g/mol. The van der Waals surface area contributed by atoms with Gasteiger partial charge in [-0.05, 0) is 49.3 Å². The van der Waals surface area contributed by atoms with Crippen LogP contribution < -0.4 is 10.0 Å². The third-order valence-electron chi connectivity index (χ3n) is 4.75. The van der Waals surface area contributed by atoms with Gasteiger partial charge in [0, 0.05) is 32.7 Å². The Hall–Kier alpha value is -0.870. The Morgan fingerprint density at radius 3 is 2.50 bits per heavy atom. The highest BCUT2D eigenvalue weighted by atomic mass is 127. The molecule has 26 heavy (non-hydrogen) atoms. The van der Waals surface area contributed by atoms with E-state index in [0.29, 0.717) is 17.4 Å². The zero-order chi connectivity index (χ0) is 17.9. The Kier molecular flexibility index (Phi) is 7.72. The van der Waals surface area contributed by atoms with Crippen LogP contribution in [-0.2, 0) is 16.6 Å². The van der Waals surface area contributed by atoms with Gasteiger partial charge in [-0.15, -0.1) is 24.0 Å². The number of hydrogen-bond acceptors (Lipinski definition) is 3. The SMILES string of the molecule is CN=C(NCc1ccc(S(=O)(=O)NC2CC2)cc1)N1CCCC(C)C1.I. The van der Waals surface area contributed by atoms with Crippen molar-refractivity contribution in [3.05, 3.63) is 29.8 Å². The summed E-state index contributed by atoms with van der Waals surface area (Å²) in [6, 6.07) is 7.20. The molecule has 1 aliphatic heterocycles. The standard InChI is InChI=1S/C18H28N4O2S.HI/c1-14-4-3-11-22(13-14)18(19-2)20-12-15-5-9-17(10-6-15)25(23,24)21-16-7-8-16;/h5-6,9-10,14,16,21H,3-4,7-8,11-13H2,1-2H3,(H,19,20);1H. The molecule has 0 aromatic heterocycles. The highest BCUT2D eigenvalue weighted by molar-refractivity contribution is 14.0. The van der Waals surface area contributed by atoms with Crippen LogP contribution in [0.25, 0.3) is 0 Å². The van der Waals surface area contributed by atoms with Crippen LogP contribution in [0.5, 0.6) is 0 Å². The first-order valence-electron chi connectivity index (χ1n) is 9.05. The molecule has 1 aromatic rings. The first kappa shape index (κ1) is 21.4.